The smallest absolute Gasteiger partial charge is 0.149 e. The van der Waals surface area contributed by atoms with Crippen LogP contribution in [0.15, 0.2) is 48.5 Å². The Kier molecular flexibility index (Phi) is 5.05. The summed E-state index contributed by atoms with van der Waals surface area (Å²) in [7, 11) is 0. The zero-order valence-corrected chi connectivity index (χ0v) is 16.9. The zero-order valence-electron chi connectivity index (χ0n) is 16.9. The number of aryl methyl sites for hydroxylation is 2. The number of aromatic amines is 1. The Hall–Kier alpha value is -3.58. The number of rotatable bonds is 5. The second kappa shape index (κ2) is 7.81. The largest absolute Gasteiger partial charge is 0.493 e. The summed E-state index contributed by atoms with van der Waals surface area (Å²) in [6.07, 6.45) is 2.80. The fraction of sp³-hybridized carbons (Fsp3) is 0.200. The number of H-pyrrole nitrogens is 1. The van der Waals surface area contributed by atoms with Crippen molar-refractivity contribution in [2.75, 3.05) is 6.61 Å². The van der Waals surface area contributed by atoms with Crippen LogP contribution >= 0.6 is 0 Å². The van der Waals surface area contributed by atoms with Gasteiger partial charge < -0.3 is 9.72 Å². The van der Waals surface area contributed by atoms with E-state index in [0.29, 0.717) is 18.0 Å². The Morgan fingerprint density at radius 2 is 1.93 bits per heavy atom. The maximum atomic E-state index is 9.90. The van der Waals surface area contributed by atoms with Gasteiger partial charge in [0.1, 0.15) is 17.6 Å². The molecule has 0 fully saturated rings. The van der Waals surface area contributed by atoms with Crippen molar-refractivity contribution in [1.82, 2.24) is 9.97 Å². The highest BCUT2D eigenvalue weighted by atomic mass is 16.5. The number of aromatic nitrogens is 2. The summed E-state index contributed by atoms with van der Waals surface area (Å²) >= 11 is 0. The molecule has 0 saturated heterocycles. The number of hydrogen-bond donors (Lipinski definition) is 1. The molecular weight excluding hydrogens is 358 g/mol. The van der Waals surface area contributed by atoms with Gasteiger partial charge in [-0.15, -0.1) is 0 Å². The van der Waals surface area contributed by atoms with Gasteiger partial charge in [-0.05, 0) is 66.4 Å². The van der Waals surface area contributed by atoms with E-state index in [2.05, 4.69) is 61.1 Å². The van der Waals surface area contributed by atoms with Crippen LogP contribution in [0.4, 0.5) is 0 Å². The van der Waals surface area contributed by atoms with E-state index in [1.165, 1.54) is 11.1 Å². The number of imidazole rings is 1. The molecule has 144 valence electrons. The van der Waals surface area contributed by atoms with Crippen LogP contribution in [0.2, 0.25) is 0 Å². The van der Waals surface area contributed by atoms with Crippen LogP contribution < -0.4 is 4.74 Å². The molecule has 0 aliphatic heterocycles. The normalized spacial score (nSPS) is 11.7. The Morgan fingerprint density at radius 3 is 2.72 bits per heavy atom. The number of nitriles is 1. The van der Waals surface area contributed by atoms with E-state index in [1.54, 1.807) is 0 Å². The molecule has 0 unspecified atom stereocenters. The molecule has 0 radical (unpaired) electrons. The zero-order chi connectivity index (χ0) is 20.4. The highest BCUT2D eigenvalue weighted by molar-refractivity contribution is 6.00. The van der Waals surface area contributed by atoms with Gasteiger partial charge >= 0.3 is 0 Å². The average molecular weight is 381 g/mol. The molecule has 4 rings (SSSR count). The molecule has 0 aliphatic rings. The van der Waals surface area contributed by atoms with Crippen molar-refractivity contribution >= 4 is 33.5 Å². The first kappa shape index (κ1) is 18.8. The molecule has 4 heteroatoms. The highest BCUT2D eigenvalue weighted by Gasteiger charge is 2.13. The lowest BCUT2D eigenvalue weighted by Gasteiger charge is -2.11. The monoisotopic (exact) mass is 381 g/mol. The first-order chi connectivity index (χ1) is 14.1. The van der Waals surface area contributed by atoms with Crippen LogP contribution in [-0.2, 0) is 0 Å². The predicted molar refractivity (Wildman–Crippen MR) is 119 cm³/mol. The van der Waals surface area contributed by atoms with Crippen molar-refractivity contribution in [1.29, 1.82) is 5.26 Å². The number of ether oxygens (including phenoxy) is 1. The van der Waals surface area contributed by atoms with Crippen molar-refractivity contribution in [3.05, 3.63) is 71.0 Å². The minimum atomic E-state index is 0.481. The summed E-state index contributed by atoms with van der Waals surface area (Å²) in [6, 6.07) is 18.6. The first-order valence-electron chi connectivity index (χ1n) is 9.84. The number of benzene rings is 3. The number of fused-ring (bicyclic) bond motifs is 2. The van der Waals surface area contributed by atoms with E-state index in [0.717, 1.165) is 39.5 Å². The molecule has 0 bridgehead atoms. The fourth-order valence-electron chi connectivity index (χ4n) is 3.46. The van der Waals surface area contributed by atoms with E-state index in [9.17, 15) is 5.26 Å². The lowest BCUT2D eigenvalue weighted by atomic mass is 10.0. The average Bonchev–Trinajstić information content (AvgIpc) is 3.13. The van der Waals surface area contributed by atoms with Crippen molar-refractivity contribution < 1.29 is 4.74 Å². The molecule has 4 aromatic rings. The van der Waals surface area contributed by atoms with Crippen LogP contribution in [0.1, 0.15) is 35.9 Å². The van der Waals surface area contributed by atoms with E-state index in [-0.39, 0.29) is 0 Å². The second-order valence-electron chi connectivity index (χ2n) is 7.26. The van der Waals surface area contributed by atoms with Crippen LogP contribution in [0.3, 0.4) is 0 Å². The number of nitrogens with one attached hydrogen (secondary N) is 1. The molecule has 3 aromatic carbocycles. The Bertz CT molecular complexity index is 1240. The summed E-state index contributed by atoms with van der Waals surface area (Å²) in [5.41, 5.74) is 5.56. The van der Waals surface area contributed by atoms with Gasteiger partial charge in [-0.3, -0.25) is 0 Å². The molecule has 0 atom stereocenters. The molecular formula is C25H23N3O. The standard InChI is InChI=1S/C25H23N3O/c1-4-11-29-24-10-9-18-7-5-6-8-20(18)21(24)14-19(15-26)25-27-22-12-16(2)17(3)13-23(22)28-25/h5-10,12-14H,4,11H2,1-3H3,(H,27,28)/b19-14+. The quantitative estimate of drug-likeness (QED) is 0.420. The van der Waals surface area contributed by atoms with Gasteiger partial charge in [-0.1, -0.05) is 37.3 Å². The van der Waals surface area contributed by atoms with Crippen molar-refractivity contribution in [3.63, 3.8) is 0 Å². The lowest BCUT2D eigenvalue weighted by Crippen LogP contribution is -1.98. The van der Waals surface area contributed by atoms with Crippen LogP contribution in [-0.4, -0.2) is 16.6 Å². The minimum Gasteiger partial charge on any atom is -0.493 e. The molecule has 1 aromatic heterocycles. The third-order valence-electron chi connectivity index (χ3n) is 5.15. The summed E-state index contributed by atoms with van der Waals surface area (Å²) in [5, 5.41) is 12.1. The van der Waals surface area contributed by atoms with Crippen molar-refractivity contribution in [2.24, 2.45) is 0 Å². The lowest BCUT2D eigenvalue weighted by molar-refractivity contribution is 0.317. The van der Waals surface area contributed by atoms with Crippen molar-refractivity contribution in [2.45, 2.75) is 27.2 Å². The van der Waals surface area contributed by atoms with Gasteiger partial charge in [0.25, 0.3) is 0 Å². The molecule has 1 N–H and O–H groups in total. The van der Waals surface area contributed by atoms with Gasteiger partial charge in [0.15, 0.2) is 0 Å². The highest BCUT2D eigenvalue weighted by Crippen LogP contribution is 2.32. The fourth-order valence-corrected chi connectivity index (χ4v) is 3.46. The number of hydrogen-bond acceptors (Lipinski definition) is 3. The van der Waals surface area contributed by atoms with Gasteiger partial charge in [-0.25, -0.2) is 4.98 Å². The van der Waals surface area contributed by atoms with E-state index < -0.39 is 0 Å². The summed E-state index contributed by atoms with van der Waals surface area (Å²) in [6.45, 7) is 6.85. The van der Waals surface area contributed by atoms with Gasteiger partial charge in [0.05, 0.1) is 23.2 Å². The molecule has 4 nitrogen and oxygen atoms in total. The summed E-state index contributed by atoms with van der Waals surface area (Å²) < 4.78 is 5.98. The SMILES string of the molecule is CCCOc1ccc2ccccc2c1/C=C(\C#N)c1nc2cc(C)c(C)cc2[nH]1. The number of nitrogens with zero attached hydrogens (tertiary/aromatic N) is 2. The maximum absolute atomic E-state index is 9.90. The maximum Gasteiger partial charge on any atom is 0.149 e. The summed E-state index contributed by atoms with van der Waals surface area (Å²) in [4.78, 5) is 7.97. The van der Waals surface area contributed by atoms with E-state index in [1.807, 2.05) is 30.3 Å². The van der Waals surface area contributed by atoms with Gasteiger partial charge in [0, 0.05) is 5.56 Å². The molecule has 0 spiro atoms. The first-order valence-corrected chi connectivity index (χ1v) is 9.84. The van der Waals surface area contributed by atoms with Gasteiger partial charge in [-0.2, -0.15) is 5.26 Å². The molecule has 0 saturated carbocycles. The molecule has 0 aliphatic carbocycles. The van der Waals surface area contributed by atoms with E-state index >= 15 is 0 Å². The predicted octanol–water partition coefficient (Wildman–Crippen LogP) is 6.19. The van der Waals surface area contributed by atoms with Crippen LogP contribution in [0, 0.1) is 25.2 Å². The van der Waals surface area contributed by atoms with Gasteiger partial charge in [0.2, 0.25) is 0 Å². The summed E-state index contributed by atoms with van der Waals surface area (Å²) in [5.74, 6) is 1.35. The van der Waals surface area contributed by atoms with Crippen molar-refractivity contribution in [3.8, 4) is 11.8 Å². The third kappa shape index (κ3) is 3.60. The Balaban J connectivity index is 1.89. The topological polar surface area (TPSA) is 61.7 Å². The second-order valence-corrected chi connectivity index (χ2v) is 7.26. The number of allylic oxidation sites excluding steroid dienone is 1. The molecule has 29 heavy (non-hydrogen) atoms. The molecule has 0 amide bonds. The Labute approximate surface area is 170 Å². The van der Waals surface area contributed by atoms with Crippen LogP contribution in [0.5, 0.6) is 5.75 Å². The van der Waals surface area contributed by atoms with Crippen LogP contribution in [0.25, 0.3) is 33.5 Å². The molecule has 1 heterocycles. The minimum absolute atomic E-state index is 0.481. The van der Waals surface area contributed by atoms with E-state index in [4.69, 9.17) is 4.74 Å². The Morgan fingerprint density at radius 1 is 1.14 bits per heavy atom. The third-order valence-corrected chi connectivity index (χ3v) is 5.15.